The van der Waals surface area contributed by atoms with Crippen molar-refractivity contribution in [3.63, 3.8) is 0 Å². The molecule has 0 aliphatic carbocycles. The third-order valence-corrected chi connectivity index (χ3v) is 5.54. The van der Waals surface area contributed by atoms with Gasteiger partial charge in [0, 0.05) is 19.7 Å². The highest BCUT2D eigenvalue weighted by Crippen LogP contribution is 2.10. The highest BCUT2D eigenvalue weighted by molar-refractivity contribution is 4.65. The van der Waals surface area contributed by atoms with Crippen molar-refractivity contribution < 1.29 is 9.84 Å². The van der Waals surface area contributed by atoms with Gasteiger partial charge in [-0.1, -0.05) is 48.0 Å². The topological polar surface area (TPSA) is 35.9 Å². The molecule has 0 aromatic rings. The van der Waals surface area contributed by atoms with E-state index in [9.17, 15) is 0 Å². The molecular weight excluding hydrogens is 360 g/mol. The molecule has 0 aromatic heterocycles. The molecule has 4 nitrogen and oxygen atoms in total. The second kappa shape index (κ2) is 19.8. The zero-order chi connectivity index (χ0) is 21.9. The van der Waals surface area contributed by atoms with E-state index in [1.54, 1.807) is 0 Å². The van der Waals surface area contributed by atoms with Crippen LogP contribution in [0.15, 0.2) is 0 Å². The Morgan fingerprint density at radius 3 is 1.62 bits per heavy atom. The van der Waals surface area contributed by atoms with E-state index in [-0.39, 0.29) is 0 Å². The average molecular weight is 415 g/mol. The summed E-state index contributed by atoms with van der Waals surface area (Å²) in [7, 11) is 0. The number of morpholine rings is 1. The van der Waals surface area contributed by atoms with E-state index in [1.807, 2.05) is 0 Å². The molecule has 2 aliphatic heterocycles. The van der Waals surface area contributed by atoms with Crippen molar-refractivity contribution in [2.45, 2.75) is 86.5 Å². The molecule has 176 valence electrons. The van der Waals surface area contributed by atoms with Crippen molar-refractivity contribution in [3.05, 3.63) is 0 Å². The van der Waals surface area contributed by atoms with Gasteiger partial charge in [0.15, 0.2) is 0 Å². The Bertz CT molecular complexity index is 323. The maximum absolute atomic E-state index is 8.24. The lowest BCUT2D eigenvalue weighted by Gasteiger charge is -2.26. The van der Waals surface area contributed by atoms with Crippen molar-refractivity contribution in [1.29, 1.82) is 0 Å². The van der Waals surface area contributed by atoms with Crippen LogP contribution in [-0.2, 0) is 4.74 Å². The molecule has 2 heterocycles. The lowest BCUT2D eigenvalue weighted by atomic mass is 10.1. The summed E-state index contributed by atoms with van der Waals surface area (Å²) in [6.07, 6.45) is 9.32. The van der Waals surface area contributed by atoms with E-state index in [4.69, 9.17) is 9.84 Å². The number of rotatable bonds is 9. The molecule has 29 heavy (non-hydrogen) atoms. The molecular formula is C25H54N2O2. The number of aliphatic hydroxyl groups is 1. The van der Waals surface area contributed by atoms with Gasteiger partial charge in [0.25, 0.3) is 0 Å². The van der Waals surface area contributed by atoms with Gasteiger partial charge < -0.3 is 14.7 Å². The number of hydrogen-bond donors (Lipinski definition) is 1. The first-order chi connectivity index (χ1) is 13.8. The quantitative estimate of drug-likeness (QED) is 0.555. The van der Waals surface area contributed by atoms with E-state index in [0.717, 1.165) is 44.6 Å². The molecule has 0 bridgehead atoms. The fourth-order valence-electron chi connectivity index (χ4n) is 3.43. The van der Waals surface area contributed by atoms with Crippen LogP contribution in [0.5, 0.6) is 0 Å². The van der Waals surface area contributed by atoms with Gasteiger partial charge in [0.05, 0.1) is 13.2 Å². The second-order valence-electron chi connectivity index (χ2n) is 9.98. The van der Waals surface area contributed by atoms with Crippen LogP contribution in [0, 0.1) is 17.8 Å². The van der Waals surface area contributed by atoms with Gasteiger partial charge >= 0.3 is 0 Å². The summed E-state index contributed by atoms with van der Waals surface area (Å²) in [5.74, 6) is 2.37. The van der Waals surface area contributed by atoms with Crippen molar-refractivity contribution in [3.8, 4) is 0 Å². The third kappa shape index (κ3) is 20.9. The summed E-state index contributed by atoms with van der Waals surface area (Å²) < 4.78 is 5.29. The number of aliphatic hydroxyl groups excluding tert-OH is 1. The SMILES string of the molecule is CC(C)CCCN1CCOCC1.CC(C)CCN1CCCCC1.CC(C)CCO. The molecule has 4 heteroatoms. The number of piperidine rings is 1. The lowest BCUT2D eigenvalue weighted by molar-refractivity contribution is 0.0368. The summed E-state index contributed by atoms with van der Waals surface area (Å²) in [5, 5.41) is 8.24. The summed E-state index contributed by atoms with van der Waals surface area (Å²) in [6, 6.07) is 0. The van der Waals surface area contributed by atoms with Crippen LogP contribution in [0.25, 0.3) is 0 Å². The van der Waals surface area contributed by atoms with Crippen LogP contribution in [0.4, 0.5) is 0 Å². The van der Waals surface area contributed by atoms with Gasteiger partial charge in [-0.15, -0.1) is 0 Å². The molecule has 0 spiro atoms. The van der Waals surface area contributed by atoms with Crippen LogP contribution in [0.1, 0.15) is 86.5 Å². The zero-order valence-electron chi connectivity index (χ0n) is 20.8. The zero-order valence-corrected chi connectivity index (χ0v) is 20.8. The Hall–Kier alpha value is -0.160. The molecule has 0 amide bonds. The van der Waals surface area contributed by atoms with E-state index in [0.29, 0.717) is 12.5 Å². The molecule has 0 saturated carbocycles. The Kier molecular flexibility index (Phi) is 19.7. The average Bonchev–Trinajstić information content (AvgIpc) is 2.69. The van der Waals surface area contributed by atoms with Gasteiger partial charge in [-0.05, 0) is 82.5 Å². The van der Waals surface area contributed by atoms with Gasteiger partial charge in [0.1, 0.15) is 0 Å². The van der Waals surface area contributed by atoms with E-state index >= 15 is 0 Å². The van der Waals surface area contributed by atoms with Gasteiger partial charge in [-0.3, -0.25) is 4.90 Å². The Morgan fingerprint density at radius 2 is 1.17 bits per heavy atom. The normalized spacial score (nSPS) is 18.4. The predicted octanol–water partition coefficient (Wildman–Crippen LogP) is 5.30. The van der Waals surface area contributed by atoms with Gasteiger partial charge in [-0.2, -0.15) is 0 Å². The lowest BCUT2D eigenvalue weighted by Crippen LogP contribution is -2.36. The molecule has 1 N–H and O–H groups in total. The Labute approximate surface area is 183 Å². The number of likely N-dealkylation sites (tertiary alicyclic amines) is 1. The van der Waals surface area contributed by atoms with Crippen LogP contribution >= 0.6 is 0 Å². The van der Waals surface area contributed by atoms with Crippen LogP contribution in [-0.4, -0.2) is 74.0 Å². The molecule has 2 saturated heterocycles. The first-order valence-corrected chi connectivity index (χ1v) is 12.5. The van der Waals surface area contributed by atoms with E-state index < -0.39 is 0 Å². The van der Waals surface area contributed by atoms with Crippen LogP contribution in [0.3, 0.4) is 0 Å². The molecule has 0 aromatic carbocycles. The molecule has 0 atom stereocenters. The van der Waals surface area contributed by atoms with Crippen LogP contribution in [0.2, 0.25) is 0 Å². The molecule has 0 unspecified atom stereocenters. The standard InChI is InChI=1S/C10H21NO.C10H21N.C5H12O/c1-10(2)4-3-5-11-6-8-12-9-7-11;1-10(2)6-9-11-7-4-3-5-8-11;1-5(2)3-4-6/h10H,3-9H2,1-2H3;10H,3-9H2,1-2H3;5-6H,3-4H2,1-2H3. The summed E-state index contributed by atoms with van der Waals surface area (Å²) in [4.78, 5) is 5.12. The van der Waals surface area contributed by atoms with Gasteiger partial charge in [-0.25, -0.2) is 0 Å². The predicted molar refractivity (Wildman–Crippen MR) is 128 cm³/mol. The molecule has 2 aliphatic rings. The largest absolute Gasteiger partial charge is 0.396 e. The molecule has 2 rings (SSSR count). The van der Waals surface area contributed by atoms with Crippen molar-refractivity contribution in [2.24, 2.45) is 17.8 Å². The van der Waals surface area contributed by atoms with Crippen molar-refractivity contribution in [2.75, 3.05) is 59.1 Å². The monoisotopic (exact) mass is 414 g/mol. The van der Waals surface area contributed by atoms with Crippen molar-refractivity contribution >= 4 is 0 Å². The summed E-state index contributed by atoms with van der Waals surface area (Å²) >= 11 is 0. The highest BCUT2D eigenvalue weighted by Gasteiger charge is 2.10. The first kappa shape index (κ1) is 28.8. The minimum atomic E-state index is 0.331. The Morgan fingerprint density at radius 1 is 0.655 bits per heavy atom. The fraction of sp³-hybridized carbons (Fsp3) is 1.00. The first-order valence-electron chi connectivity index (χ1n) is 12.5. The maximum atomic E-state index is 8.24. The summed E-state index contributed by atoms with van der Waals surface area (Å²) in [6.45, 7) is 23.2. The molecule has 0 radical (unpaired) electrons. The van der Waals surface area contributed by atoms with Crippen LogP contribution < -0.4 is 0 Å². The second-order valence-corrected chi connectivity index (χ2v) is 9.98. The highest BCUT2D eigenvalue weighted by atomic mass is 16.5. The minimum Gasteiger partial charge on any atom is -0.396 e. The maximum Gasteiger partial charge on any atom is 0.0594 e. The Balaban J connectivity index is 0.000000430. The minimum absolute atomic E-state index is 0.331. The number of nitrogens with zero attached hydrogens (tertiary/aromatic N) is 2. The van der Waals surface area contributed by atoms with Gasteiger partial charge in [0.2, 0.25) is 0 Å². The number of ether oxygens (including phenoxy) is 1. The number of hydrogen-bond acceptors (Lipinski definition) is 4. The smallest absolute Gasteiger partial charge is 0.0594 e. The third-order valence-electron chi connectivity index (χ3n) is 5.54. The molecule has 2 fully saturated rings. The van der Waals surface area contributed by atoms with Crippen molar-refractivity contribution in [1.82, 2.24) is 9.80 Å². The fourth-order valence-corrected chi connectivity index (χ4v) is 3.43. The van der Waals surface area contributed by atoms with E-state index in [1.165, 1.54) is 64.7 Å². The summed E-state index contributed by atoms with van der Waals surface area (Å²) in [5.41, 5.74) is 0. The van der Waals surface area contributed by atoms with E-state index in [2.05, 4.69) is 51.3 Å².